The highest BCUT2D eigenvalue weighted by molar-refractivity contribution is 5.44. The number of hydrogen-bond acceptors (Lipinski definition) is 5. The van der Waals surface area contributed by atoms with Gasteiger partial charge in [0.15, 0.2) is 0 Å². The average molecular weight is 225 g/mol. The van der Waals surface area contributed by atoms with Crippen LogP contribution in [-0.2, 0) is 6.54 Å². The Morgan fingerprint density at radius 3 is 2.65 bits per heavy atom. The number of anilines is 2. The first-order chi connectivity index (χ1) is 8.28. The lowest BCUT2D eigenvalue weighted by atomic mass is 10.1. The number of hydrogen-bond donors (Lipinski definition) is 2. The molecule has 0 radical (unpaired) electrons. The van der Waals surface area contributed by atoms with Crippen molar-refractivity contribution < 1.29 is 0 Å². The van der Waals surface area contributed by atoms with Gasteiger partial charge in [0.25, 0.3) is 0 Å². The number of rotatable bonds is 3. The van der Waals surface area contributed by atoms with E-state index in [0.717, 1.165) is 5.56 Å². The summed E-state index contributed by atoms with van der Waals surface area (Å²) in [6.45, 7) is 0.627. The maximum absolute atomic E-state index is 8.67. The van der Waals surface area contributed by atoms with E-state index in [9.17, 15) is 0 Å². The third-order valence-corrected chi connectivity index (χ3v) is 2.24. The Kier molecular flexibility index (Phi) is 3.17. The molecule has 0 spiro atoms. The molecule has 0 saturated carbocycles. The van der Waals surface area contributed by atoms with Crippen molar-refractivity contribution in [3.05, 3.63) is 47.8 Å². The molecule has 0 unspecified atom stereocenters. The van der Waals surface area contributed by atoms with Crippen LogP contribution in [-0.4, -0.2) is 9.97 Å². The van der Waals surface area contributed by atoms with Crippen LogP contribution in [0.1, 0.15) is 11.1 Å². The van der Waals surface area contributed by atoms with Gasteiger partial charge in [0, 0.05) is 12.6 Å². The molecule has 0 fully saturated rings. The Hall–Kier alpha value is -2.61. The van der Waals surface area contributed by atoms with E-state index in [2.05, 4.69) is 21.4 Å². The van der Waals surface area contributed by atoms with Gasteiger partial charge in [-0.1, -0.05) is 12.1 Å². The van der Waals surface area contributed by atoms with Crippen LogP contribution in [0.25, 0.3) is 0 Å². The van der Waals surface area contributed by atoms with Crippen LogP contribution in [0, 0.1) is 11.3 Å². The Labute approximate surface area is 98.9 Å². The number of nitrogens with one attached hydrogen (secondary N) is 1. The molecule has 2 aromatic rings. The monoisotopic (exact) mass is 225 g/mol. The van der Waals surface area contributed by atoms with Crippen molar-refractivity contribution >= 4 is 11.6 Å². The zero-order valence-electron chi connectivity index (χ0n) is 9.09. The summed E-state index contributed by atoms with van der Waals surface area (Å²) in [4.78, 5) is 7.84. The molecular formula is C12H11N5. The van der Waals surface area contributed by atoms with E-state index in [-0.39, 0.29) is 0 Å². The SMILES string of the molecule is N#Cc1ccc(CNc2cc(N)ncn2)cc1. The summed E-state index contributed by atoms with van der Waals surface area (Å²) in [7, 11) is 0. The molecule has 84 valence electrons. The van der Waals surface area contributed by atoms with Crippen LogP contribution in [0.5, 0.6) is 0 Å². The second kappa shape index (κ2) is 4.94. The molecule has 1 heterocycles. The molecule has 0 saturated heterocycles. The fraction of sp³-hybridized carbons (Fsp3) is 0.0833. The largest absolute Gasteiger partial charge is 0.384 e. The van der Waals surface area contributed by atoms with E-state index in [1.807, 2.05) is 12.1 Å². The van der Waals surface area contributed by atoms with E-state index in [1.54, 1.807) is 18.2 Å². The first-order valence-corrected chi connectivity index (χ1v) is 5.08. The fourth-order valence-corrected chi connectivity index (χ4v) is 1.36. The zero-order valence-corrected chi connectivity index (χ0v) is 9.09. The van der Waals surface area contributed by atoms with Gasteiger partial charge in [-0.15, -0.1) is 0 Å². The van der Waals surface area contributed by atoms with E-state index in [4.69, 9.17) is 11.0 Å². The van der Waals surface area contributed by atoms with Crippen molar-refractivity contribution in [1.82, 2.24) is 9.97 Å². The molecular weight excluding hydrogens is 214 g/mol. The minimum absolute atomic E-state index is 0.433. The molecule has 5 heteroatoms. The molecule has 1 aromatic carbocycles. The standard InChI is InChI=1S/C12H11N5/c13-6-9-1-3-10(4-2-9)7-15-12-5-11(14)16-8-17-12/h1-5,8H,7H2,(H3,14,15,16,17). The molecule has 1 aromatic heterocycles. The predicted octanol–water partition coefficient (Wildman–Crippen LogP) is 1.54. The van der Waals surface area contributed by atoms with E-state index in [1.165, 1.54) is 6.33 Å². The van der Waals surface area contributed by atoms with Crippen LogP contribution >= 0.6 is 0 Å². The molecule has 0 atom stereocenters. The fourth-order valence-electron chi connectivity index (χ4n) is 1.36. The molecule has 17 heavy (non-hydrogen) atoms. The predicted molar refractivity (Wildman–Crippen MR) is 64.9 cm³/mol. The third kappa shape index (κ3) is 2.92. The Morgan fingerprint density at radius 2 is 2.00 bits per heavy atom. The summed E-state index contributed by atoms with van der Waals surface area (Å²) in [5.74, 6) is 1.11. The van der Waals surface area contributed by atoms with Gasteiger partial charge in [-0.2, -0.15) is 5.26 Å². The lowest BCUT2D eigenvalue weighted by Gasteiger charge is -2.05. The highest BCUT2D eigenvalue weighted by Crippen LogP contribution is 2.08. The molecule has 0 bridgehead atoms. The maximum atomic E-state index is 8.67. The summed E-state index contributed by atoms with van der Waals surface area (Å²) in [6, 6.07) is 11.1. The lowest BCUT2D eigenvalue weighted by molar-refractivity contribution is 1.08. The van der Waals surface area contributed by atoms with E-state index >= 15 is 0 Å². The average Bonchev–Trinajstić information content (AvgIpc) is 2.37. The van der Waals surface area contributed by atoms with Gasteiger partial charge in [0.05, 0.1) is 11.6 Å². The van der Waals surface area contributed by atoms with Crippen LogP contribution in [0.4, 0.5) is 11.6 Å². The molecule has 3 N–H and O–H groups in total. The normalized spacial score (nSPS) is 9.59. The molecule has 2 rings (SSSR count). The molecule has 5 nitrogen and oxygen atoms in total. The summed E-state index contributed by atoms with van der Waals surface area (Å²) in [5.41, 5.74) is 7.26. The van der Waals surface area contributed by atoms with Crippen LogP contribution in [0.2, 0.25) is 0 Å². The Bertz CT molecular complexity index is 542. The van der Waals surface area contributed by atoms with Crippen molar-refractivity contribution in [2.45, 2.75) is 6.54 Å². The van der Waals surface area contributed by atoms with E-state index in [0.29, 0.717) is 23.7 Å². The minimum atomic E-state index is 0.433. The number of nitrogens with zero attached hydrogens (tertiary/aromatic N) is 3. The second-order valence-electron chi connectivity index (χ2n) is 3.49. The first kappa shape index (κ1) is 10.9. The van der Waals surface area contributed by atoms with Crippen LogP contribution < -0.4 is 11.1 Å². The minimum Gasteiger partial charge on any atom is -0.384 e. The highest BCUT2D eigenvalue weighted by atomic mass is 15.0. The first-order valence-electron chi connectivity index (χ1n) is 5.08. The summed E-state index contributed by atoms with van der Waals surface area (Å²) in [5, 5.41) is 11.8. The summed E-state index contributed by atoms with van der Waals surface area (Å²) >= 11 is 0. The van der Waals surface area contributed by atoms with Gasteiger partial charge in [-0.05, 0) is 17.7 Å². The van der Waals surface area contributed by atoms with Crippen molar-refractivity contribution in [3.63, 3.8) is 0 Å². The Morgan fingerprint density at radius 1 is 1.24 bits per heavy atom. The molecule has 0 aliphatic carbocycles. The highest BCUT2D eigenvalue weighted by Gasteiger charge is 1.97. The maximum Gasteiger partial charge on any atom is 0.131 e. The number of nitriles is 1. The van der Waals surface area contributed by atoms with Gasteiger partial charge >= 0.3 is 0 Å². The van der Waals surface area contributed by atoms with Gasteiger partial charge in [-0.25, -0.2) is 9.97 Å². The number of benzene rings is 1. The van der Waals surface area contributed by atoms with Crippen LogP contribution in [0.15, 0.2) is 36.7 Å². The number of nitrogens with two attached hydrogens (primary N) is 1. The zero-order chi connectivity index (χ0) is 12.1. The third-order valence-electron chi connectivity index (χ3n) is 2.24. The van der Waals surface area contributed by atoms with Gasteiger partial charge < -0.3 is 11.1 Å². The number of aromatic nitrogens is 2. The summed E-state index contributed by atoms with van der Waals surface area (Å²) in [6.07, 6.45) is 1.41. The van der Waals surface area contributed by atoms with Crippen molar-refractivity contribution in [2.24, 2.45) is 0 Å². The molecule has 0 amide bonds. The molecule has 0 aliphatic rings. The van der Waals surface area contributed by atoms with Crippen molar-refractivity contribution in [3.8, 4) is 6.07 Å². The van der Waals surface area contributed by atoms with Gasteiger partial charge in [0.2, 0.25) is 0 Å². The topological polar surface area (TPSA) is 87.6 Å². The van der Waals surface area contributed by atoms with Crippen molar-refractivity contribution in [2.75, 3.05) is 11.1 Å². The van der Waals surface area contributed by atoms with Crippen molar-refractivity contribution in [1.29, 1.82) is 5.26 Å². The smallest absolute Gasteiger partial charge is 0.131 e. The van der Waals surface area contributed by atoms with Crippen LogP contribution in [0.3, 0.4) is 0 Å². The van der Waals surface area contributed by atoms with Gasteiger partial charge in [-0.3, -0.25) is 0 Å². The van der Waals surface area contributed by atoms with E-state index < -0.39 is 0 Å². The lowest BCUT2D eigenvalue weighted by Crippen LogP contribution is -2.02. The number of nitrogen functional groups attached to an aromatic ring is 1. The van der Waals surface area contributed by atoms with Gasteiger partial charge in [0.1, 0.15) is 18.0 Å². The quantitative estimate of drug-likeness (QED) is 0.827. The second-order valence-corrected chi connectivity index (χ2v) is 3.49. The molecule has 0 aliphatic heterocycles. The Balaban J connectivity index is 2.00. The summed E-state index contributed by atoms with van der Waals surface area (Å²) < 4.78 is 0.